The van der Waals surface area contributed by atoms with E-state index in [2.05, 4.69) is 20.3 Å². The van der Waals surface area contributed by atoms with Gasteiger partial charge in [0.25, 0.3) is 5.82 Å². The Hall–Kier alpha value is -3.54. The van der Waals surface area contributed by atoms with Gasteiger partial charge in [-0.05, 0) is 30.3 Å². The molecular weight excluding hydrogens is 314 g/mol. The maximum Gasteiger partial charge on any atom is 0.301 e. The number of fused-ring (bicyclic) bond motifs is 1. The van der Waals surface area contributed by atoms with E-state index in [-0.39, 0.29) is 5.91 Å². The number of rotatable bonds is 4. The van der Waals surface area contributed by atoms with E-state index < -0.39 is 0 Å². The number of aromatic amines is 2. The Morgan fingerprint density at radius 3 is 2.88 bits per heavy atom. The number of aromatic nitrogens is 4. The summed E-state index contributed by atoms with van der Waals surface area (Å²) in [5.41, 5.74) is 2.46. The number of amides is 1. The number of hydrogen-bond donors (Lipinski definition) is 2. The van der Waals surface area contributed by atoms with Crippen molar-refractivity contribution in [2.75, 3.05) is 5.32 Å². The van der Waals surface area contributed by atoms with Crippen LogP contribution in [0.3, 0.4) is 0 Å². The zero-order chi connectivity index (χ0) is 17.1. The van der Waals surface area contributed by atoms with Crippen molar-refractivity contribution in [3.8, 4) is 0 Å². The summed E-state index contributed by atoms with van der Waals surface area (Å²) in [5.74, 6) is 1.24. The number of hydrogen-bond acceptors (Lipinski definition) is 2. The van der Waals surface area contributed by atoms with Crippen molar-refractivity contribution < 1.29 is 14.2 Å². The van der Waals surface area contributed by atoms with Crippen LogP contribution in [-0.2, 0) is 6.42 Å². The molecule has 0 aliphatic carbocycles. The van der Waals surface area contributed by atoms with Crippen LogP contribution in [0.4, 0.5) is 5.82 Å². The largest absolute Gasteiger partial charge is 0.303 e. The maximum absolute atomic E-state index is 12.7. The molecule has 122 valence electrons. The number of pyridine rings is 3. The fourth-order valence-corrected chi connectivity index (χ4v) is 2.80. The lowest BCUT2D eigenvalue weighted by molar-refractivity contribution is -0.520. The number of H-pyrrole nitrogens is 2. The summed E-state index contributed by atoms with van der Waals surface area (Å²) in [6, 6.07) is 15.2. The first-order valence-electron chi connectivity index (χ1n) is 8.00. The lowest BCUT2D eigenvalue weighted by Crippen LogP contribution is -2.25. The highest BCUT2D eigenvalue weighted by Gasteiger charge is 2.24. The monoisotopic (exact) mass is 331 g/mol. The standard InChI is InChI=1S/C19H15N5O/c25-19(22-16-8-1-3-10-21-16)18-15-7-2-4-11-24(15)17(23-18)12-14-6-5-9-20-13-14/h1-11,13H,12H2,(H,21,22,25)/p+2. The Bertz CT molecular complexity index is 1010. The van der Waals surface area contributed by atoms with Crippen LogP contribution in [0.25, 0.3) is 5.52 Å². The molecule has 6 heteroatoms. The van der Waals surface area contributed by atoms with Crippen LogP contribution in [-0.4, -0.2) is 15.9 Å². The average molecular weight is 331 g/mol. The van der Waals surface area contributed by atoms with Crippen molar-refractivity contribution in [2.24, 2.45) is 0 Å². The van der Waals surface area contributed by atoms with E-state index in [4.69, 9.17) is 0 Å². The molecule has 0 unspecified atom stereocenters. The number of nitrogens with zero attached hydrogens (tertiary/aromatic N) is 2. The molecule has 0 fully saturated rings. The molecule has 0 saturated carbocycles. The van der Waals surface area contributed by atoms with Gasteiger partial charge in [0.2, 0.25) is 5.69 Å². The van der Waals surface area contributed by atoms with Crippen molar-refractivity contribution in [2.45, 2.75) is 6.42 Å². The first-order valence-corrected chi connectivity index (χ1v) is 8.00. The lowest BCUT2D eigenvalue weighted by atomic mass is 10.2. The van der Waals surface area contributed by atoms with Crippen LogP contribution >= 0.6 is 0 Å². The minimum atomic E-state index is -0.215. The highest BCUT2D eigenvalue weighted by atomic mass is 16.2. The summed E-state index contributed by atoms with van der Waals surface area (Å²) in [6.45, 7) is 0. The third-order valence-corrected chi connectivity index (χ3v) is 3.95. The van der Waals surface area contributed by atoms with Crippen LogP contribution in [0.15, 0.2) is 73.3 Å². The van der Waals surface area contributed by atoms with Crippen LogP contribution in [0.5, 0.6) is 0 Å². The molecule has 25 heavy (non-hydrogen) atoms. The highest BCUT2D eigenvalue weighted by molar-refractivity contribution is 6.06. The minimum Gasteiger partial charge on any atom is -0.303 e. The second-order valence-corrected chi connectivity index (χ2v) is 5.66. The molecule has 0 atom stereocenters. The van der Waals surface area contributed by atoms with Crippen LogP contribution in [0.1, 0.15) is 21.9 Å². The van der Waals surface area contributed by atoms with Gasteiger partial charge >= 0.3 is 5.91 Å². The minimum absolute atomic E-state index is 0.215. The van der Waals surface area contributed by atoms with E-state index in [0.717, 1.165) is 16.9 Å². The summed E-state index contributed by atoms with van der Waals surface area (Å²) in [6.07, 6.45) is 8.10. The van der Waals surface area contributed by atoms with Gasteiger partial charge in [-0.25, -0.2) is 15.0 Å². The van der Waals surface area contributed by atoms with Gasteiger partial charge in [0.1, 0.15) is 5.82 Å². The number of imidazole rings is 1. The van der Waals surface area contributed by atoms with Crippen molar-refractivity contribution in [3.63, 3.8) is 0 Å². The molecule has 0 radical (unpaired) electrons. The molecule has 1 amide bonds. The highest BCUT2D eigenvalue weighted by Crippen LogP contribution is 2.12. The summed E-state index contributed by atoms with van der Waals surface area (Å²) < 4.78 is 2.00. The van der Waals surface area contributed by atoms with Crippen LogP contribution in [0.2, 0.25) is 0 Å². The molecule has 4 aromatic heterocycles. The third-order valence-electron chi connectivity index (χ3n) is 3.95. The molecular formula is C19H17N5O+2. The molecule has 0 spiro atoms. The van der Waals surface area contributed by atoms with Gasteiger partial charge in [0, 0.05) is 17.8 Å². The van der Waals surface area contributed by atoms with Crippen molar-refractivity contribution in [1.29, 1.82) is 0 Å². The fraction of sp³-hybridized carbons (Fsp3) is 0.0526. The molecule has 0 aliphatic heterocycles. The Morgan fingerprint density at radius 1 is 1.16 bits per heavy atom. The number of anilines is 1. The van der Waals surface area contributed by atoms with Gasteiger partial charge in [-0.3, -0.25) is 4.79 Å². The van der Waals surface area contributed by atoms with Gasteiger partial charge in [0.05, 0.1) is 12.6 Å². The van der Waals surface area contributed by atoms with Gasteiger partial charge in [-0.2, -0.15) is 4.40 Å². The topological polar surface area (TPSA) is 76.0 Å². The Kier molecular flexibility index (Phi) is 3.92. The summed E-state index contributed by atoms with van der Waals surface area (Å²) in [5, 5.41) is 2.83. The molecule has 6 nitrogen and oxygen atoms in total. The maximum atomic E-state index is 12.7. The van der Waals surface area contributed by atoms with Crippen molar-refractivity contribution in [1.82, 2.24) is 9.97 Å². The van der Waals surface area contributed by atoms with E-state index >= 15 is 0 Å². The quantitative estimate of drug-likeness (QED) is 0.560. The fourth-order valence-electron chi connectivity index (χ4n) is 2.80. The predicted octanol–water partition coefficient (Wildman–Crippen LogP) is 1.81. The summed E-state index contributed by atoms with van der Waals surface area (Å²) in [7, 11) is 0. The molecule has 4 rings (SSSR count). The van der Waals surface area contributed by atoms with E-state index in [1.54, 1.807) is 12.3 Å². The summed E-state index contributed by atoms with van der Waals surface area (Å²) in [4.78, 5) is 23.2. The SMILES string of the molecule is O=C(Nc1ccccn1)c1[nH]c(Cc2ccc[nH+]c2)[n+]2ccccc12. The Balaban J connectivity index is 1.71. The molecule has 0 aromatic carbocycles. The Morgan fingerprint density at radius 2 is 2.08 bits per heavy atom. The smallest absolute Gasteiger partial charge is 0.301 e. The van der Waals surface area contributed by atoms with Crippen molar-refractivity contribution >= 4 is 17.2 Å². The number of nitrogens with one attached hydrogen (secondary N) is 3. The third kappa shape index (κ3) is 3.10. The Labute approximate surface area is 144 Å². The van der Waals surface area contributed by atoms with E-state index in [1.165, 1.54) is 0 Å². The molecule has 4 aromatic rings. The number of carbonyl (C=O) groups excluding carboxylic acids is 1. The molecule has 3 N–H and O–H groups in total. The first-order chi connectivity index (χ1) is 12.3. The second-order valence-electron chi connectivity index (χ2n) is 5.66. The van der Waals surface area contributed by atoms with Crippen molar-refractivity contribution in [3.05, 3.63) is 90.4 Å². The zero-order valence-electron chi connectivity index (χ0n) is 13.4. The lowest BCUT2D eigenvalue weighted by Gasteiger charge is -1.99. The number of carbonyl (C=O) groups is 1. The normalized spacial score (nSPS) is 10.7. The van der Waals surface area contributed by atoms with Gasteiger partial charge in [-0.15, -0.1) is 0 Å². The van der Waals surface area contributed by atoms with E-state index in [9.17, 15) is 4.79 Å². The van der Waals surface area contributed by atoms with E-state index in [0.29, 0.717) is 17.9 Å². The average Bonchev–Trinajstić information content (AvgIpc) is 3.02. The summed E-state index contributed by atoms with van der Waals surface area (Å²) >= 11 is 0. The van der Waals surface area contributed by atoms with Gasteiger partial charge in [-0.1, -0.05) is 12.1 Å². The molecule has 0 aliphatic rings. The second kappa shape index (κ2) is 6.52. The predicted molar refractivity (Wildman–Crippen MR) is 91.9 cm³/mol. The van der Waals surface area contributed by atoms with Gasteiger partial charge < -0.3 is 5.32 Å². The zero-order valence-corrected chi connectivity index (χ0v) is 13.4. The first kappa shape index (κ1) is 15.0. The molecule has 4 heterocycles. The molecule has 0 bridgehead atoms. The van der Waals surface area contributed by atoms with Gasteiger partial charge in [0.15, 0.2) is 17.9 Å². The van der Waals surface area contributed by atoms with E-state index in [1.807, 2.05) is 65.5 Å². The van der Waals surface area contributed by atoms with Crippen LogP contribution < -0.4 is 14.7 Å². The van der Waals surface area contributed by atoms with Crippen LogP contribution in [0, 0.1) is 0 Å². The molecule has 0 saturated heterocycles.